The summed E-state index contributed by atoms with van der Waals surface area (Å²) in [6, 6.07) is 4.10. The lowest BCUT2D eigenvalue weighted by Gasteiger charge is -1.96. The van der Waals surface area contributed by atoms with Gasteiger partial charge in [0.25, 0.3) is 0 Å². The van der Waals surface area contributed by atoms with E-state index in [2.05, 4.69) is 4.98 Å². The summed E-state index contributed by atoms with van der Waals surface area (Å²) in [5, 5.41) is 0. The van der Waals surface area contributed by atoms with Crippen LogP contribution in [0.3, 0.4) is 0 Å². The molecule has 0 aliphatic heterocycles. The Labute approximate surface area is 73.1 Å². The molecule has 1 unspecified atom stereocenters. The lowest BCUT2D eigenvalue weighted by atomic mass is 10.2. The Bertz CT molecular complexity index is 277. The molecule has 0 aliphatic carbocycles. The van der Waals surface area contributed by atoms with E-state index in [0.29, 0.717) is 0 Å². The van der Waals surface area contributed by atoms with Crippen molar-refractivity contribution in [3.05, 3.63) is 35.7 Å². The molecular formula is C10H14N2. The fraction of sp³-hybridized carbons (Fsp3) is 0.300. The number of nitrogens with zero attached hydrogens (tertiary/aromatic N) is 1. The summed E-state index contributed by atoms with van der Waals surface area (Å²) in [4.78, 5) is 4.10. The van der Waals surface area contributed by atoms with Crippen LogP contribution in [0.25, 0.3) is 6.08 Å². The fourth-order valence-electron chi connectivity index (χ4n) is 0.934. The number of nitrogens with two attached hydrogens (primary N) is 1. The number of aromatic nitrogens is 1. The number of hydrogen-bond acceptors (Lipinski definition) is 2. The lowest BCUT2D eigenvalue weighted by molar-refractivity contribution is 0.930. The quantitative estimate of drug-likeness (QED) is 0.719. The van der Waals surface area contributed by atoms with Gasteiger partial charge in [-0.05, 0) is 31.5 Å². The molecule has 0 aromatic carbocycles. The van der Waals surface area contributed by atoms with E-state index in [9.17, 15) is 0 Å². The molecule has 1 aromatic rings. The van der Waals surface area contributed by atoms with Gasteiger partial charge in [0.1, 0.15) is 0 Å². The summed E-state index contributed by atoms with van der Waals surface area (Å²) in [5.74, 6) is 0. The fourth-order valence-corrected chi connectivity index (χ4v) is 0.934. The van der Waals surface area contributed by atoms with E-state index >= 15 is 0 Å². The molecule has 64 valence electrons. The molecular weight excluding hydrogens is 148 g/mol. The molecule has 0 saturated heterocycles. The number of pyridine rings is 1. The summed E-state index contributed by atoms with van der Waals surface area (Å²) in [5.41, 5.74) is 7.76. The van der Waals surface area contributed by atoms with Crippen molar-refractivity contribution in [2.45, 2.75) is 19.9 Å². The maximum absolute atomic E-state index is 5.58. The number of rotatable bonds is 2. The standard InChI is InChI=1S/C10H14N2/c1-8(11)3-4-10-5-6-12-9(2)7-10/h3-8H,11H2,1-2H3/b4-3+. The van der Waals surface area contributed by atoms with Crippen molar-refractivity contribution in [2.24, 2.45) is 5.73 Å². The zero-order valence-corrected chi connectivity index (χ0v) is 7.49. The van der Waals surface area contributed by atoms with Gasteiger partial charge >= 0.3 is 0 Å². The van der Waals surface area contributed by atoms with E-state index < -0.39 is 0 Å². The molecule has 2 heteroatoms. The molecule has 0 fully saturated rings. The highest BCUT2D eigenvalue weighted by Gasteiger charge is 1.88. The second-order valence-electron chi connectivity index (χ2n) is 2.95. The monoisotopic (exact) mass is 162 g/mol. The van der Waals surface area contributed by atoms with Gasteiger partial charge in [0.05, 0.1) is 0 Å². The van der Waals surface area contributed by atoms with Gasteiger partial charge in [-0.2, -0.15) is 0 Å². The van der Waals surface area contributed by atoms with Gasteiger partial charge in [-0.3, -0.25) is 4.98 Å². The van der Waals surface area contributed by atoms with Crippen LogP contribution < -0.4 is 5.73 Å². The average molecular weight is 162 g/mol. The SMILES string of the molecule is Cc1cc(/C=C/C(C)N)ccn1. The topological polar surface area (TPSA) is 38.9 Å². The van der Waals surface area contributed by atoms with E-state index in [1.54, 1.807) is 6.20 Å². The lowest BCUT2D eigenvalue weighted by Crippen LogP contribution is -2.09. The first-order valence-electron chi connectivity index (χ1n) is 4.05. The predicted octanol–water partition coefficient (Wildman–Crippen LogP) is 1.75. The third kappa shape index (κ3) is 2.84. The van der Waals surface area contributed by atoms with Crippen LogP contribution in [0.15, 0.2) is 24.4 Å². The van der Waals surface area contributed by atoms with Crippen LogP contribution in [-0.2, 0) is 0 Å². The second-order valence-corrected chi connectivity index (χ2v) is 2.95. The minimum absolute atomic E-state index is 0.110. The molecule has 1 aromatic heterocycles. The smallest absolute Gasteiger partial charge is 0.0378 e. The van der Waals surface area contributed by atoms with Crippen molar-refractivity contribution in [1.29, 1.82) is 0 Å². The summed E-state index contributed by atoms with van der Waals surface area (Å²) in [6.07, 6.45) is 5.78. The van der Waals surface area contributed by atoms with Crippen LogP contribution in [0.2, 0.25) is 0 Å². The van der Waals surface area contributed by atoms with Crippen molar-refractivity contribution in [2.75, 3.05) is 0 Å². The normalized spacial score (nSPS) is 13.6. The van der Waals surface area contributed by atoms with Crippen LogP contribution in [0.1, 0.15) is 18.2 Å². The van der Waals surface area contributed by atoms with E-state index in [1.165, 1.54) is 0 Å². The Kier molecular flexibility index (Phi) is 3.00. The summed E-state index contributed by atoms with van der Waals surface area (Å²) >= 11 is 0. The Morgan fingerprint density at radius 2 is 2.33 bits per heavy atom. The highest BCUT2D eigenvalue weighted by molar-refractivity contribution is 5.49. The molecule has 1 heterocycles. The zero-order chi connectivity index (χ0) is 8.97. The average Bonchev–Trinajstić information content (AvgIpc) is 2.01. The molecule has 0 amide bonds. The van der Waals surface area contributed by atoms with E-state index in [1.807, 2.05) is 38.1 Å². The van der Waals surface area contributed by atoms with E-state index in [4.69, 9.17) is 5.73 Å². The molecule has 12 heavy (non-hydrogen) atoms. The van der Waals surface area contributed by atoms with Crippen LogP contribution in [0.5, 0.6) is 0 Å². The van der Waals surface area contributed by atoms with E-state index in [0.717, 1.165) is 11.3 Å². The molecule has 0 saturated carbocycles. The molecule has 2 nitrogen and oxygen atoms in total. The van der Waals surface area contributed by atoms with Crippen molar-refractivity contribution < 1.29 is 0 Å². The van der Waals surface area contributed by atoms with Gasteiger partial charge in [-0.15, -0.1) is 0 Å². The van der Waals surface area contributed by atoms with Crippen molar-refractivity contribution in [3.63, 3.8) is 0 Å². The van der Waals surface area contributed by atoms with Crippen molar-refractivity contribution in [3.8, 4) is 0 Å². The predicted molar refractivity (Wildman–Crippen MR) is 51.7 cm³/mol. The molecule has 0 bridgehead atoms. The van der Waals surface area contributed by atoms with Gasteiger partial charge in [-0.1, -0.05) is 12.2 Å². The molecule has 0 spiro atoms. The first kappa shape index (κ1) is 8.94. The van der Waals surface area contributed by atoms with Crippen molar-refractivity contribution >= 4 is 6.08 Å². The molecule has 2 N–H and O–H groups in total. The maximum atomic E-state index is 5.58. The second kappa shape index (κ2) is 4.02. The Morgan fingerprint density at radius 1 is 1.58 bits per heavy atom. The number of hydrogen-bond donors (Lipinski definition) is 1. The Hall–Kier alpha value is -1.15. The third-order valence-corrected chi connectivity index (χ3v) is 1.51. The molecule has 0 aliphatic rings. The van der Waals surface area contributed by atoms with E-state index in [-0.39, 0.29) is 6.04 Å². The zero-order valence-electron chi connectivity index (χ0n) is 7.49. The Balaban J connectivity index is 2.76. The highest BCUT2D eigenvalue weighted by Crippen LogP contribution is 2.03. The van der Waals surface area contributed by atoms with Gasteiger partial charge in [-0.25, -0.2) is 0 Å². The summed E-state index contributed by atoms with van der Waals surface area (Å²) in [7, 11) is 0. The van der Waals surface area contributed by atoms with Gasteiger partial charge in [0, 0.05) is 17.9 Å². The van der Waals surface area contributed by atoms with Crippen LogP contribution in [-0.4, -0.2) is 11.0 Å². The molecule has 1 atom stereocenters. The minimum atomic E-state index is 0.110. The minimum Gasteiger partial charge on any atom is -0.325 e. The first-order chi connectivity index (χ1) is 5.68. The summed E-state index contributed by atoms with van der Waals surface area (Å²) < 4.78 is 0. The van der Waals surface area contributed by atoms with Crippen LogP contribution in [0, 0.1) is 6.92 Å². The maximum Gasteiger partial charge on any atom is 0.0378 e. The third-order valence-electron chi connectivity index (χ3n) is 1.51. The molecule has 1 rings (SSSR count). The largest absolute Gasteiger partial charge is 0.325 e. The number of aryl methyl sites for hydroxylation is 1. The summed E-state index contributed by atoms with van der Waals surface area (Å²) in [6.45, 7) is 3.92. The first-order valence-corrected chi connectivity index (χ1v) is 4.05. The Morgan fingerprint density at radius 3 is 2.92 bits per heavy atom. The van der Waals surface area contributed by atoms with Crippen molar-refractivity contribution in [1.82, 2.24) is 4.98 Å². The highest BCUT2D eigenvalue weighted by atomic mass is 14.6. The van der Waals surface area contributed by atoms with Gasteiger partial charge in [0.2, 0.25) is 0 Å². The van der Waals surface area contributed by atoms with Crippen LogP contribution >= 0.6 is 0 Å². The van der Waals surface area contributed by atoms with Gasteiger partial charge in [0.15, 0.2) is 0 Å². The van der Waals surface area contributed by atoms with Crippen LogP contribution in [0.4, 0.5) is 0 Å². The van der Waals surface area contributed by atoms with Gasteiger partial charge < -0.3 is 5.73 Å². The molecule has 0 radical (unpaired) electrons.